The minimum atomic E-state index is -0.136. The lowest BCUT2D eigenvalue weighted by Crippen LogP contribution is -2.18. The van der Waals surface area contributed by atoms with E-state index in [0.29, 0.717) is 0 Å². The Hall–Kier alpha value is -6.84. The summed E-state index contributed by atoms with van der Waals surface area (Å²) in [6.07, 6.45) is 0. The molecule has 3 heteroatoms. The van der Waals surface area contributed by atoms with Crippen molar-refractivity contribution < 1.29 is 4.42 Å². The zero-order valence-corrected chi connectivity index (χ0v) is 32.5. The van der Waals surface area contributed by atoms with Crippen molar-refractivity contribution in [1.29, 1.82) is 0 Å². The lowest BCUT2D eigenvalue weighted by Gasteiger charge is -2.30. The molecule has 3 nitrogen and oxygen atoms in total. The second-order valence-electron chi connectivity index (χ2n) is 16.9. The van der Waals surface area contributed by atoms with E-state index in [2.05, 4.69) is 201 Å². The molecule has 2 aromatic heterocycles. The van der Waals surface area contributed by atoms with Gasteiger partial charge >= 0.3 is 0 Å². The second kappa shape index (κ2) is 11.4. The SMILES string of the molecule is CC1(C)c2ccccc2-c2ccc(N(c3ccc4c(c3)C(C)(C)c3ccccc3-4)c3cccc4c3c3ccccc3n4-c3cccc4oc5ccccc5c34)cc21. The maximum absolute atomic E-state index is 6.42. The van der Waals surface area contributed by atoms with Crippen molar-refractivity contribution in [3.63, 3.8) is 0 Å². The van der Waals surface area contributed by atoms with Crippen LogP contribution in [0.25, 0.3) is 71.7 Å². The Labute approximate surface area is 332 Å². The summed E-state index contributed by atoms with van der Waals surface area (Å²) < 4.78 is 8.87. The number of nitrogens with zero attached hydrogens (tertiary/aromatic N) is 2. The zero-order valence-electron chi connectivity index (χ0n) is 32.5. The Morgan fingerprint density at radius 3 is 1.63 bits per heavy atom. The van der Waals surface area contributed by atoms with Crippen LogP contribution in [-0.4, -0.2) is 4.57 Å². The van der Waals surface area contributed by atoms with Crippen molar-refractivity contribution in [2.75, 3.05) is 4.90 Å². The maximum atomic E-state index is 6.42. The van der Waals surface area contributed by atoms with Gasteiger partial charge in [-0.1, -0.05) is 137 Å². The lowest BCUT2D eigenvalue weighted by molar-refractivity contribution is 0.660. The normalized spacial score (nSPS) is 14.6. The molecule has 2 aliphatic carbocycles. The standard InChI is InChI=1S/C54H40N2O/c1-53(2)41-19-9-5-15-35(41)37-29-27-33(31-43(37)53)55(34-28-30-38-36-16-6-10-20-42(36)54(3,4)44(38)32-34)46-22-13-23-47-51(46)39-17-7-11-21-45(39)56(47)48-24-14-26-50-52(48)40-18-8-12-25-49(40)57-50/h5-32H,1-4H3. The number of anilines is 3. The molecule has 0 unspecified atom stereocenters. The largest absolute Gasteiger partial charge is 0.456 e. The number of fused-ring (bicyclic) bond motifs is 12. The molecule has 0 N–H and O–H groups in total. The first kappa shape index (κ1) is 32.4. The molecule has 8 aromatic carbocycles. The van der Waals surface area contributed by atoms with E-state index < -0.39 is 0 Å². The fourth-order valence-electron chi connectivity index (χ4n) is 10.5. The summed E-state index contributed by atoms with van der Waals surface area (Å²) in [5.41, 5.74) is 19.2. The molecule has 0 aliphatic heterocycles. The van der Waals surface area contributed by atoms with Crippen molar-refractivity contribution in [1.82, 2.24) is 4.57 Å². The van der Waals surface area contributed by atoms with Gasteiger partial charge in [-0.3, -0.25) is 0 Å². The molecular weight excluding hydrogens is 693 g/mol. The Kier molecular flexibility index (Phi) is 6.46. The van der Waals surface area contributed by atoms with Gasteiger partial charge in [-0.2, -0.15) is 0 Å². The van der Waals surface area contributed by atoms with Crippen LogP contribution < -0.4 is 4.90 Å². The average molecular weight is 733 g/mol. The van der Waals surface area contributed by atoms with Gasteiger partial charge in [0, 0.05) is 38.4 Å². The molecule has 0 amide bonds. The van der Waals surface area contributed by atoms with Gasteiger partial charge in [-0.25, -0.2) is 0 Å². The molecule has 272 valence electrons. The minimum absolute atomic E-state index is 0.136. The number of hydrogen-bond acceptors (Lipinski definition) is 2. The quantitative estimate of drug-likeness (QED) is 0.180. The van der Waals surface area contributed by atoms with E-state index in [-0.39, 0.29) is 10.8 Å². The monoisotopic (exact) mass is 732 g/mol. The van der Waals surface area contributed by atoms with E-state index in [1.165, 1.54) is 55.3 Å². The van der Waals surface area contributed by atoms with Crippen molar-refractivity contribution in [3.05, 3.63) is 192 Å². The van der Waals surface area contributed by atoms with Gasteiger partial charge in [-0.15, -0.1) is 0 Å². The van der Waals surface area contributed by atoms with Crippen molar-refractivity contribution in [2.24, 2.45) is 0 Å². The molecule has 57 heavy (non-hydrogen) atoms. The summed E-state index contributed by atoms with van der Waals surface area (Å²) in [4.78, 5) is 2.52. The summed E-state index contributed by atoms with van der Waals surface area (Å²) >= 11 is 0. The van der Waals surface area contributed by atoms with Gasteiger partial charge in [0.15, 0.2) is 0 Å². The summed E-state index contributed by atoms with van der Waals surface area (Å²) in [6.45, 7) is 9.48. The highest BCUT2D eigenvalue weighted by molar-refractivity contribution is 6.18. The smallest absolute Gasteiger partial charge is 0.137 e. The molecule has 2 heterocycles. The van der Waals surface area contributed by atoms with Crippen LogP contribution in [-0.2, 0) is 10.8 Å². The molecule has 0 fully saturated rings. The van der Waals surface area contributed by atoms with Crippen LogP contribution in [0.3, 0.4) is 0 Å². The van der Waals surface area contributed by atoms with Crippen LogP contribution >= 0.6 is 0 Å². The number of rotatable bonds is 4. The molecule has 10 aromatic rings. The van der Waals surface area contributed by atoms with Crippen LogP contribution in [0.4, 0.5) is 17.1 Å². The van der Waals surface area contributed by atoms with E-state index in [1.54, 1.807) is 0 Å². The third kappa shape index (κ3) is 4.32. The van der Waals surface area contributed by atoms with Gasteiger partial charge in [0.1, 0.15) is 11.2 Å². The van der Waals surface area contributed by atoms with Gasteiger partial charge in [0.2, 0.25) is 0 Å². The topological polar surface area (TPSA) is 21.3 Å². The van der Waals surface area contributed by atoms with E-state index in [0.717, 1.165) is 55.7 Å². The summed E-state index contributed by atoms with van der Waals surface area (Å²) in [5, 5.41) is 4.67. The Balaban J connectivity index is 1.15. The molecular formula is C54H40N2O. The highest BCUT2D eigenvalue weighted by atomic mass is 16.3. The predicted octanol–water partition coefficient (Wildman–Crippen LogP) is 14.8. The van der Waals surface area contributed by atoms with E-state index in [9.17, 15) is 0 Å². The molecule has 0 radical (unpaired) electrons. The number of aromatic nitrogens is 1. The molecule has 2 aliphatic rings. The number of hydrogen-bond donors (Lipinski definition) is 0. The van der Waals surface area contributed by atoms with Crippen LogP contribution in [0.5, 0.6) is 0 Å². The predicted molar refractivity (Wildman–Crippen MR) is 238 cm³/mol. The first-order chi connectivity index (χ1) is 27.8. The molecule has 0 spiro atoms. The number of benzene rings is 8. The Bertz CT molecular complexity index is 3210. The fourth-order valence-corrected chi connectivity index (χ4v) is 10.5. The molecule has 0 atom stereocenters. The van der Waals surface area contributed by atoms with Gasteiger partial charge in [-0.05, 0) is 105 Å². The molecule has 0 bridgehead atoms. The first-order valence-electron chi connectivity index (χ1n) is 20.0. The van der Waals surface area contributed by atoms with Crippen LogP contribution in [0.15, 0.2) is 174 Å². The van der Waals surface area contributed by atoms with E-state index in [1.807, 2.05) is 6.07 Å². The molecule has 12 rings (SSSR count). The Morgan fingerprint density at radius 2 is 0.947 bits per heavy atom. The van der Waals surface area contributed by atoms with Gasteiger partial charge in [0.25, 0.3) is 0 Å². The maximum Gasteiger partial charge on any atom is 0.137 e. The Morgan fingerprint density at radius 1 is 0.421 bits per heavy atom. The van der Waals surface area contributed by atoms with Crippen molar-refractivity contribution >= 4 is 60.8 Å². The highest BCUT2D eigenvalue weighted by Crippen LogP contribution is 2.54. The van der Waals surface area contributed by atoms with E-state index >= 15 is 0 Å². The summed E-state index contributed by atoms with van der Waals surface area (Å²) in [7, 11) is 0. The third-order valence-corrected chi connectivity index (χ3v) is 13.2. The number of para-hydroxylation sites is 2. The zero-order chi connectivity index (χ0) is 38.2. The number of furan rings is 1. The molecule has 0 saturated heterocycles. The fraction of sp³-hybridized carbons (Fsp3) is 0.111. The third-order valence-electron chi connectivity index (χ3n) is 13.2. The highest BCUT2D eigenvalue weighted by Gasteiger charge is 2.38. The first-order valence-corrected chi connectivity index (χ1v) is 20.0. The van der Waals surface area contributed by atoms with Crippen molar-refractivity contribution in [2.45, 2.75) is 38.5 Å². The van der Waals surface area contributed by atoms with Crippen LogP contribution in [0.2, 0.25) is 0 Å². The van der Waals surface area contributed by atoms with Crippen molar-refractivity contribution in [3.8, 4) is 27.9 Å². The molecule has 0 saturated carbocycles. The minimum Gasteiger partial charge on any atom is -0.456 e. The lowest BCUT2D eigenvalue weighted by atomic mass is 9.82. The summed E-state index contributed by atoms with van der Waals surface area (Å²) in [5.74, 6) is 0. The summed E-state index contributed by atoms with van der Waals surface area (Å²) in [6, 6.07) is 62.6. The van der Waals surface area contributed by atoms with Gasteiger partial charge < -0.3 is 13.9 Å². The van der Waals surface area contributed by atoms with Gasteiger partial charge in [0.05, 0.1) is 27.8 Å². The van der Waals surface area contributed by atoms with Crippen LogP contribution in [0.1, 0.15) is 49.9 Å². The average Bonchev–Trinajstić information content (AvgIpc) is 3.92. The second-order valence-corrected chi connectivity index (χ2v) is 16.9. The van der Waals surface area contributed by atoms with Crippen LogP contribution in [0, 0.1) is 0 Å². The van der Waals surface area contributed by atoms with E-state index in [4.69, 9.17) is 4.42 Å².